The SMILES string of the molecule is CCN(CC(C)C)S(=O)(=O)c1ccc(N)c(Br)c1. The Morgan fingerprint density at radius 2 is 2.00 bits per heavy atom. The van der Waals surface area contributed by atoms with Gasteiger partial charge in [0, 0.05) is 23.2 Å². The Labute approximate surface area is 117 Å². The minimum absolute atomic E-state index is 0.270. The Morgan fingerprint density at radius 1 is 1.39 bits per heavy atom. The number of hydrogen-bond acceptors (Lipinski definition) is 3. The summed E-state index contributed by atoms with van der Waals surface area (Å²) in [7, 11) is -3.44. The van der Waals surface area contributed by atoms with Gasteiger partial charge in [-0.05, 0) is 40.0 Å². The molecule has 0 fully saturated rings. The second kappa shape index (κ2) is 6.04. The fourth-order valence-corrected chi connectivity index (χ4v) is 3.79. The van der Waals surface area contributed by atoms with Crippen LogP contribution in [0.25, 0.3) is 0 Å². The van der Waals surface area contributed by atoms with Crippen LogP contribution in [0.15, 0.2) is 27.6 Å². The van der Waals surface area contributed by atoms with E-state index in [0.29, 0.717) is 23.2 Å². The van der Waals surface area contributed by atoms with Gasteiger partial charge in [0.15, 0.2) is 0 Å². The second-order valence-corrected chi connectivity index (χ2v) is 7.33. The second-order valence-electron chi connectivity index (χ2n) is 4.53. The first-order chi connectivity index (χ1) is 8.28. The first-order valence-electron chi connectivity index (χ1n) is 5.84. The van der Waals surface area contributed by atoms with Gasteiger partial charge in [0.05, 0.1) is 4.90 Å². The zero-order valence-corrected chi connectivity index (χ0v) is 13.3. The third kappa shape index (κ3) is 3.46. The van der Waals surface area contributed by atoms with E-state index in [1.165, 1.54) is 4.31 Å². The lowest BCUT2D eigenvalue weighted by Gasteiger charge is -2.22. The van der Waals surface area contributed by atoms with Crippen molar-refractivity contribution in [2.75, 3.05) is 18.8 Å². The van der Waals surface area contributed by atoms with E-state index in [0.717, 1.165) is 0 Å². The molecule has 0 aliphatic heterocycles. The first kappa shape index (κ1) is 15.5. The van der Waals surface area contributed by atoms with E-state index in [9.17, 15) is 8.42 Å². The molecule has 0 aliphatic carbocycles. The highest BCUT2D eigenvalue weighted by molar-refractivity contribution is 9.10. The molecule has 6 heteroatoms. The minimum atomic E-state index is -3.44. The number of sulfonamides is 1. The average molecular weight is 335 g/mol. The van der Waals surface area contributed by atoms with Crippen LogP contribution in [0.3, 0.4) is 0 Å². The maximum Gasteiger partial charge on any atom is 0.243 e. The zero-order chi connectivity index (χ0) is 13.9. The standard InChI is InChI=1S/C12H19BrN2O2S/c1-4-15(8-9(2)3)18(16,17)10-5-6-12(14)11(13)7-10/h5-7,9H,4,8,14H2,1-3H3. The van der Waals surface area contributed by atoms with Crippen molar-refractivity contribution in [3.8, 4) is 0 Å². The van der Waals surface area contributed by atoms with Gasteiger partial charge < -0.3 is 5.73 Å². The van der Waals surface area contributed by atoms with Crippen LogP contribution in [0.4, 0.5) is 5.69 Å². The summed E-state index contributed by atoms with van der Waals surface area (Å²) in [5.74, 6) is 0.289. The average Bonchev–Trinajstić information content (AvgIpc) is 2.28. The van der Waals surface area contributed by atoms with E-state index >= 15 is 0 Å². The highest BCUT2D eigenvalue weighted by Gasteiger charge is 2.24. The molecule has 18 heavy (non-hydrogen) atoms. The van der Waals surface area contributed by atoms with Crippen molar-refractivity contribution >= 4 is 31.6 Å². The Morgan fingerprint density at radius 3 is 2.44 bits per heavy atom. The van der Waals surface area contributed by atoms with E-state index < -0.39 is 10.0 Å². The number of anilines is 1. The summed E-state index contributed by atoms with van der Waals surface area (Å²) >= 11 is 3.25. The van der Waals surface area contributed by atoms with Crippen LogP contribution in [0.1, 0.15) is 20.8 Å². The summed E-state index contributed by atoms with van der Waals surface area (Å²) in [6.45, 7) is 6.81. The molecule has 0 spiro atoms. The largest absolute Gasteiger partial charge is 0.398 e. The summed E-state index contributed by atoms with van der Waals surface area (Å²) in [6, 6.07) is 4.69. The van der Waals surface area contributed by atoms with E-state index in [1.807, 2.05) is 20.8 Å². The molecule has 0 bridgehead atoms. The lowest BCUT2D eigenvalue weighted by Crippen LogP contribution is -2.34. The van der Waals surface area contributed by atoms with Crippen LogP contribution in [0.5, 0.6) is 0 Å². The molecule has 0 amide bonds. The van der Waals surface area contributed by atoms with Crippen LogP contribution < -0.4 is 5.73 Å². The molecule has 2 N–H and O–H groups in total. The Kier molecular flexibility index (Phi) is 5.19. The van der Waals surface area contributed by atoms with Crippen LogP contribution in [0, 0.1) is 5.92 Å². The van der Waals surface area contributed by atoms with Crippen molar-refractivity contribution < 1.29 is 8.42 Å². The van der Waals surface area contributed by atoms with E-state index in [1.54, 1.807) is 18.2 Å². The van der Waals surface area contributed by atoms with Crippen molar-refractivity contribution in [1.82, 2.24) is 4.31 Å². The smallest absolute Gasteiger partial charge is 0.243 e. The summed E-state index contributed by atoms with van der Waals surface area (Å²) in [5.41, 5.74) is 6.19. The highest BCUT2D eigenvalue weighted by Crippen LogP contribution is 2.25. The maximum absolute atomic E-state index is 12.4. The zero-order valence-electron chi connectivity index (χ0n) is 10.9. The highest BCUT2D eigenvalue weighted by atomic mass is 79.9. The number of nitrogens with zero attached hydrogens (tertiary/aromatic N) is 1. The van der Waals surface area contributed by atoms with E-state index in [2.05, 4.69) is 15.9 Å². The summed E-state index contributed by atoms with van der Waals surface area (Å²) in [5, 5.41) is 0. The Bertz CT molecular complexity index is 515. The van der Waals surface area contributed by atoms with Gasteiger partial charge in [0.25, 0.3) is 0 Å². The topological polar surface area (TPSA) is 63.4 Å². The molecule has 102 valence electrons. The number of rotatable bonds is 5. The van der Waals surface area contributed by atoms with Crippen LogP contribution in [0.2, 0.25) is 0 Å². The third-order valence-corrected chi connectivity index (χ3v) is 5.15. The molecular weight excluding hydrogens is 316 g/mol. The normalized spacial score (nSPS) is 12.3. The summed E-state index contributed by atoms with van der Waals surface area (Å²) < 4.78 is 26.9. The maximum atomic E-state index is 12.4. The summed E-state index contributed by atoms with van der Waals surface area (Å²) in [4.78, 5) is 0.270. The van der Waals surface area contributed by atoms with Gasteiger partial charge in [0.1, 0.15) is 0 Å². The van der Waals surface area contributed by atoms with Crippen molar-refractivity contribution in [3.05, 3.63) is 22.7 Å². The van der Waals surface area contributed by atoms with Crippen LogP contribution >= 0.6 is 15.9 Å². The number of nitrogen functional groups attached to an aromatic ring is 1. The van der Waals surface area contributed by atoms with Gasteiger partial charge in [-0.2, -0.15) is 4.31 Å². The molecule has 1 rings (SSSR count). The quantitative estimate of drug-likeness (QED) is 0.842. The van der Waals surface area contributed by atoms with Crippen LogP contribution in [-0.2, 0) is 10.0 Å². The van der Waals surface area contributed by atoms with Crippen molar-refractivity contribution in [2.24, 2.45) is 5.92 Å². The number of nitrogens with two attached hydrogens (primary N) is 1. The van der Waals surface area contributed by atoms with Crippen molar-refractivity contribution in [1.29, 1.82) is 0 Å². The predicted octanol–water partition coefficient (Wildman–Crippen LogP) is 2.70. The molecule has 0 saturated carbocycles. The lowest BCUT2D eigenvalue weighted by atomic mass is 10.2. The minimum Gasteiger partial charge on any atom is -0.398 e. The monoisotopic (exact) mass is 334 g/mol. The molecular formula is C12H19BrN2O2S. The number of halogens is 1. The molecule has 0 radical (unpaired) electrons. The molecule has 0 aromatic heterocycles. The Hall–Kier alpha value is -0.590. The molecule has 0 atom stereocenters. The molecule has 1 aromatic carbocycles. The molecule has 0 aliphatic rings. The first-order valence-corrected chi connectivity index (χ1v) is 8.07. The fourth-order valence-electron chi connectivity index (χ4n) is 1.62. The van der Waals surface area contributed by atoms with E-state index in [4.69, 9.17) is 5.73 Å². The molecule has 0 heterocycles. The van der Waals surface area contributed by atoms with Gasteiger partial charge in [-0.3, -0.25) is 0 Å². The molecule has 1 aromatic rings. The molecule has 0 saturated heterocycles. The van der Waals surface area contributed by atoms with Crippen molar-refractivity contribution in [3.63, 3.8) is 0 Å². The van der Waals surface area contributed by atoms with Gasteiger partial charge in [-0.15, -0.1) is 0 Å². The van der Waals surface area contributed by atoms with Crippen LogP contribution in [-0.4, -0.2) is 25.8 Å². The van der Waals surface area contributed by atoms with Gasteiger partial charge >= 0.3 is 0 Å². The van der Waals surface area contributed by atoms with Gasteiger partial charge in [-0.25, -0.2) is 8.42 Å². The predicted molar refractivity (Wildman–Crippen MR) is 77.8 cm³/mol. The number of benzene rings is 1. The lowest BCUT2D eigenvalue weighted by molar-refractivity contribution is 0.381. The van der Waals surface area contributed by atoms with Gasteiger partial charge in [0.2, 0.25) is 10.0 Å². The van der Waals surface area contributed by atoms with Gasteiger partial charge in [-0.1, -0.05) is 20.8 Å². The molecule has 0 unspecified atom stereocenters. The van der Waals surface area contributed by atoms with Crippen molar-refractivity contribution in [2.45, 2.75) is 25.7 Å². The molecule has 4 nitrogen and oxygen atoms in total. The fraction of sp³-hybridized carbons (Fsp3) is 0.500. The number of hydrogen-bond donors (Lipinski definition) is 1. The Balaban J connectivity index is 3.14. The third-order valence-electron chi connectivity index (χ3n) is 2.53. The van der Waals surface area contributed by atoms with E-state index in [-0.39, 0.29) is 10.8 Å². The summed E-state index contributed by atoms with van der Waals surface area (Å²) in [6.07, 6.45) is 0.